The van der Waals surface area contributed by atoms with Gasteiger partial charge in [-0.3, -0.25) is 0 Å². The van der Waals surface area contributed by atoms with E-state index >= 15 is 0 Å². The summed E-state index contributed by atoms with van der Waals surface area (Å²) < 4.78 is 10.7. The van der Waals surface area contributed by atoms with Crippen LogP contribution >= 0.6 is 0 Å². The minimum atomic E-state index is 0.333. The van der Waals surface area contributed by atoms with Gasteiger partial charge in [0.2, 0.25) is 6.79 Å². The highest BCUT2D eigenvalue weighted by Gasteiger charge is 2.13. The topological polar surface area (TPSA) is 30.5 Å². The lowest BCUT2D eigenvalue weighted by Crippen LogP contribution is -2.25. The summed E-state index contributed by atoms with van der Waals surface area (Å²) in [6.07, 6.45) is 2.24. The molecule has 1 aliphatic heterocycles. The van der Waals surface area contributed by atoms with Crippen LogP contribution in [-0.4, -0.2) is 12.8 Å². The van der Waals surface area contributed by atoms with Gasteiger partial charge in [0.1, 0.15) is 0 Å². The largest absolute Gasteiger partial charge is 0.454 e. The predicted molar refractivity (Wildman–Crippen MR) is 83.6 cm³/mol. The van der Waals surface area contributed by atoms with Crippen molar-refractivity contribution >= 4 is 0 Å². The van der Waals surface area contributed by atoms with Crippen molar-refractivity contribution in [1.29, 1.82) is 0 Å². The van der Waals surface area contributed by atoms with Crippen molar-refractivity contribution in [3.8, 4) is 11.5 Å². The second-order valence-corrected chi connectivity index (χ2v) is 5.49. The van der Waals surface area contributed by atoms with Crippen LogP contribution in [0.2, 0.25) is 0 Å². The summed E-state index contributed by atoms with van der Waals surface area (Å²) in [5.41, 5.74) is 2.63. The second-order valence-electron chi connectivity index (χ2n) is 5.49. The molecule has 3 rings (SSSR count). The Morgan fingerprint density at radius 3 is 2.67 bits per heavy atom. The molecule has 1 aliphatic rings. The number of nitrogens with one attached hydrogen (secondary N) is 1. The van der Waals surface area contributed by atoms with Crippen LogP contribution in [0.25, 0.3) is 0 Å². The van der Waals surface area contributed by atoms with Crippen molar-refractivity contribution in [2.75, 3.05) is 6.79 Å². The van der Waals surface area contributed by atoms with Crippen LogP contribution in [0.5, 0.6) is 11.5 Å². The van der Waals surface area contributed by atoms with Crippen molar-refractivity contribution in [1.82, 2.24) is 5.32 Å². The van der Waals surface area contributed by atoms with Gasteiger partial charge in [0, 0.05) is 12.6 Å². The molecule has 21 heavy (non-hydrogen) atoms. The summed E-state index contributed by atoms with van der Waals surface area (Å²) in [4.78, 5) is 0. The maximum atomic E-state index is 5.40. The Morgan fingerprint density at radius 1 is 1.00 bits per heavy atom. The fourth-order valence-electron chi connectivity index (χ4n) is 2.47. The number of rotatable bonds is 6. The van der Waals surface area contributed by atoms with Crippen LogP contribution in [0.4, 0.5) is 0 Å². The number of aryl methyl sites for hydroxylation is 1. The van der Waals surface area contributed by atoms with Gasteiger partial charge >= 0.3 is 0 Å². The van der Waals surface area contributed by atoms with E-state index in [1.54, 1.807) is 0 Å². The molecule has 1 N–H and O–H groups in total. The highest BCUT2D eigenvalue weighted by molar-refractivity contribution is 5.44. The number of fused-ring (bicyclic) bond motifs is 1. The zero-order valence-electron chi connectivity index (χ0n) is 12.3. The van der Waals surface area contributed by atoms with Gasteiger partial charge in [-0.1, -0.05) is 36.4 Å². The minimum absolute atomic E-state index is 0.333. The molecule has 0 saturated heterocycles. The summed E-state index contributed by atoms with van der Waals surface area (Å²) in [5, 5.41) is 3.56. The third kappa shape index (κ3) is 3.76. The van der Waals surface area contributed by atoms with Gasteiger partial charge in [-0.25, -0.2) is 0 Å². The van der Waals surface area contributed by atoms with E-state index in [4.69, 9.17) is 9.47 Å². The van der Waals surface area contributed by atoms with E-state index in [0.717, 1.165) is 30.9 Å². The Bertz CT molecular complexity index is 583. The monoisotopic (exact) mass is 283 g/mol. The molecule has 0 bridgehead atoms. The van der Waals surface area contributed by atoms with E-state index < -0.39 is 0 Å². The summed E-state index contributed by atoms with van der Waals surface area (Å²) in [5.74, 6) is 1.70. The average molecular weight is 283 g/mol. The van der Waals surface area contributed by atoms with E-state index in [1.807, 2.05) is 6.07 Å². The maximum absolute atomic E-state index is 5.40. The molecule has 2 aromatic carbocycles. The van der Waals surface area contributed by atoms with E-state index in [-0.39, 0.29) is 0 Å². The van der Waals surface area contributed by atoms with E-state index in [9.17, 15) is 0 Å². The normalized spacial score (nSPS) is 14.1. The molecule has 1 heterocycles. The third-order valence-corrected chi connectivity index (χ3v) is 3.80. The van der Waals surface area contributed by atoms with Crippen molar-refractivity contribution < 1.29 is 9.47 Å². The van der Waals surface area contributed by atoms with E-state index in [1.165, 1.54) is 11.1 Å². The molecule has 1 atom stereocenters. The Morgan fingerprint density at radius 2 is 1.81 bits per heavy atom. The predicted octanol–water partition coefficient (Wildman–Crippen LogP) is 3.53. The Hall–Kier alpha value is -2.00. The fraction of sp³-hybridized carbons (Fsp3) is 0.333. The average Bonchev–Trinajstić information content (AvgIpc) is 2.99. The lowest BCUT2D eigenvalue weighted by atomic mass is 10.1. The number of hydrogen-bond donors (Lipinski definition) is 1. The molecule has 0 spiro atoms. The molecule has 0 aromatic heterocycles. The van der Waals surface area contributed by atoms with Gasteiger partial charge in [0.05, 0.1) is 0 Å². The highest BCUT2D eigenvalue weighted by atomic mass is 16.7. The first-order valence-electron chi connectivity index (χ1n) is 7.47. The van der Waals surface area contributed by atoms with Crippen LogP contribution in [0.1, 0.15) is 24.5 Å². The first-order valence-corrected chi connectivity index (χ1v) is 7.47. The lowest BCUT2D eigenvalue weighted by Gasteiger charge is -2.14. The lowest BCUT2D eigenvalue weighted by molar-refractivity contribution is 0.174. The first-order chi connectivity index (χ1) is 10.3. The zero-order chi connectivity index (χ0) is 14.5. The van der Waals surface area contributed by atoms with Crippen LogP contribution in [0.15, 0.2) is 48.5 Å². The Labute approximate surface area is 125 Å². The Balaban J connectivity index is 1.46. The summed E-state index contributed by atoms with van der Waals surface area (Å²) in [6, 6.07) is 17.2. The SMILES string of the molecule is C[C@@H](CCc1ccccc1)NCc1ccc2c(c1)OCO2. The number of ether oxygens (including phenoxy) is 2. The Kier molecular flexibility index (Phi) is 4.41. The fourth-order valence-corrected chi connectivity index (χ4v) is 2.47. The molecule has 0 amide bonds. The number of hydrogen-bond acceptors (Lipinski definition) is 3. The molecule has 2 aromatic rings. The van der Waals surface area contributed by atoms with Gasteiger partial charge in [0.25, 0.3) is 0 Å². The zero-order valence-corrected chi connectivity index (χ0v) is 12.3. The van der Waals surface area contributed by atoms with Gasteiger partial charge in [0.15, 0.2) is 11.5 Å². The molecule has 0 saturated carbocycles. The molecule has 0 radical (unpaired) electrons. The second kappa shape index (κ2) is 6.64. The highest BCUT2D eigenvalue weighted by Crippen LogP contribution is 2.32. The van der Waals surface area contributed by atoms with Gasteiger partial charge in [-0.2, -0.15) is 0 Å². The first kappa shape index (κ1) is 14.0. The van der Waals surface area contributed by atoms with Crippen LogP contribution in [-0.2, 0) is 13.0 Å². The molecular formula is C18H21NO2. The molecule has 0 aliphatic carbocycles. The third-order valence-electron chi connectivity index (χ3n) is 3.80. The standard InChI is InChI=1S/C18H21NO2/c1-14(7-8-15-5-3-2-4-6-15)19-12-16-9-10-17-18(11-16)21-13-20-17/h2-6,9-11,14,19H,7-8,12-13H2,1H3/t14-/m0/s1. The summed E-state index contributed by atoms with van der Waals surface area (Å²) >= 11 is 0. The van der Waals surface area contributed by atoms with Crippen molar-refractivity contribution in [2.24, 2.45) is 0 Å². The smallest absolute Gasteiger partial charge is 0.231 e. The molecule has 3 heteroatoms. The van der Waals surface area contributed by atoms with Gasteiger partial charge in [-0.05, 0) is 43.0 Å². The van der Waals surface area contributed by atoms with Crippen molar-refractivity contribution in [2.45, 2.75) is 32.4 Å². The van der Waals surface area contributed by atoms with E-state index in [0.29, 0.717) is 12.8 Å². The molecular weight excluding hydrogens is 262 g/mol. The van der Waals surface area contributed by atoms with E-state index in [2.05, 4.69) is 54.7 Å². The number of benzene rings is 2. The van der Waals surface area contributed by atoms with Crippen LogP contribution in [0.3, 0.4) is 0 Å². The minimum Gasteiger partial charge on any atom is -0.454 e. The van der Waals surface area contributed by atoms with Crippen molar-refractivity contribution in [3.05, 3.63) is 59.7 Å². The quantitative estimate of drug-likeness (QED) is 0.880. The van der Waals surface area contributed by atoms with Crippen LogP contribution < -0.4 is 14.8 Å². The van der Waals surface area contributed by atoms with Gasteiger partial charge < -0.3 is 14.8 Å². The molecule has 0 unspecified atom stereocenters. The molecule has 0 fully saturated rings. The summed E-state index contributed by atoms with van der Waals surface area (Å²) in [6.45, 7) is 3.42. The summed E-state index contributed by atoms with van der Waals surface area (Å²) in [7, 11) is 0. The maximum Gasteiger partial charge on any atom is 0.231 e. The molecule has 110 valence electrons. The van der Waals surface area contributed by atoms with Gasteiger partial charge in [-0.15, -0.1) is 0 Å². The van der Waals surface area contributed by atoms with Crippen LogP contribution in [0, 0.1) is 0 Å². The van der Waals surface area contributed by atoms with Crippen molar-refractivity contribution in [3.63, 3.8) is 0 Å². The molecule has 3 nitrogen and oxygen atoms in total.